The molecule has 0 saturated heterocycles. The molecule has 1 N–H and O–H groups in total. The number of rotatable bonds is 3. The van der Waals surface area contributed by atoms with Crippen LogP contribution in [0.15, 0.2) is 17.0 Å². The van der Waals surface area contributed by atoms with Gasteiger partial charge in [0.15, 0.2) is 0 Å². The molecule has 4 rings (SSSR count). The lowest BCUT2D eigenvalue weighted by atomic mass is 9.67. The van der Waals surface area contributed by atoms with Gasteiger partial charge in [0.1, 0.15) is 4.88 Å². The van der Waals surface area contributed by atoms with E-state index in [0.29, 0.717) is 24.1 Å². The number of methoxy groups -OCH3 is 2. The molecule has 0 atom stereocenters. The van der Waals surface area contributed by atoms with Crippen LogP contribution in [0.25, 0.3) is 6.08 Å². The van der Waals surface area contributed by atoms with Gasteiger partial charge in [-0.2, -0.15) is 0 Å². The standard InChI is InChI=1S/C15H16O5S/c1-19-12(16)11-4-9(6-21-11)3-10-5-14(13(17)20-2)7-15(10,18)8-14/h3-4,6,18H,5,7-8H2,1-2H3/b10-3+. The second-order valence-electron chi connectivity index (χ2n) is 5.74. The van der Waals surface area contributed by atoms with Gasteiger partial charge < -0.3 is 14.6 Å². The molecular formula is C15H16O5S. The van der Waals surface area contributed by atoms with Crippen molar-refractivity contribution in [1.29, 1.82) is 0 Å². The van der Waals surface area contributed by atoms with E-state index >= 15 is 0 Å². The lowest BCUT2D eigenvalue weighted by Gasteiger charge is -2.41. The Kier molecular flexibility index (Phi) is 3.18. The van der Waals surface area contributed by atoms with Crippen molar-refractivity contribution in [1.82, 2.24) is 0 Å². The van der Waals surface area contributed by atoms with Crippen LogP contribution in [0.5, 0.6) is 0 Å². The first-order chi connectivity index (χ1) is 9.92. The summed E-state index contributed by atoms with van der Waals surface area (Å²) >= 11 is 1.30. The lowest BCUT2D eigenvalue weighted by Crippen LogP contribution is -2.48. The summed E-state index contributed by atoms with van der Waals surface area (Å²) in [6.07, 6.45) is 3.22. The zero-order valence-corrected chi connectivity index (χ0v) is 12.7. The number of esters is 2. The number of carbonyl (C=O) groups is 2. The fourth-order valence-corrected chi connectivity index (χ4v) is 4.19. The Morgan fingerprint density at radius 2 is 2.05 bits per heavy atom. The van der Waals surface area contributed by atoms with Crippen LogP contribution < -0.4 is 0 Å². The Labute approximate surface area is 126 Å². The number of hydrogen-bond acceptors (Lipinski definition) is 6. The van der Waals surface area contributed by atoms with Crippen molar-refractivity contribution >= 4 is 29.4 Å². The highest BCUT2D eigenvalue weighted by molar-refractivity contribution is 7.12. The van der Waals surface area contributed by atoms with Gasteiger partial charge in [0.05, 0.1) is 25.2 Å². The van der Waals surface area contributed by atoms with E-state index in [1.807, 2.05) is 11.5 Å². The molecule has 1 aromatic heterocycles. The molecule has 3 aliphatic carbocycles. The Morgan fingerprint density at radius 3 is 2.67 bits per heavy atom. The van der Waals surface area contributed by atoms with E-state index in [9.17, 15) is 14.7 Å². The van der Waals surface area contributed by atoms with Gasteiger partial charge in [0.2, 0.25) is 0 Å². The minimum Gasteiger partial charge on any atom is -0.469 e. The van der Waals surface area contributed by atoms with Crippen LogP contribution in [0.2, 0.25) is 0 Å². The summed E-state index contributed by atoms with van der Waals surface area (Å²) in [6, 6.07) is 1.73. The molecule has 112 valence electrons. The number of fused-ring (bicyclic) bond motifs is 1. The monoisotopic (exact) mass is 308 g/mol. The Morgan fingerprint density at radius 1 is 1.33 bits per heavy atom. The molecule has 3 saturated carbocycles. The molecule has 1 heterocycles. The number of ether oxygens (including phenoxy) is 2. The number of thiophene rings is 1. The quantitative estimate of drug-likeness (QED) is 0.865. The maximum Gasteiger partial charge on any atom is 0.348 e. The zero-order chi connectivity index (χ0) is 15.3. The van der Waals surface area contributed by atoms with Crippen molar-refractivity contribution in [2.24, 2.45) is 5.41 Å². The normalized spacial score (nSPS) is 31.9. The predicted molar refractivity (Wildman–Crippen MR) is 76.9 cm³/mol. The molecule has 6 heteroatoms. The highest BCUT2D eigenvalue weighted by Gasteiger charge is 2.67. The summed E-state index contributed by atoms with van der Waals surface area (Å²) in [5, 5.41) is 12.3. The lowest BCUT2D eigenvalue weighted by molar-refractivity contribution is -0.166. The van der Waals surface area contributed by atoms with Gasteiger partial charge in [-0.05, 0) is 41.8 Å². The molecule has 0 radical (unpaired) electrons. The largest absolute Gasteiger partial charge is 0.469 e. The van der Waals surface area contributed by atoms with E-state index in [2.05, 4.69) is 4.74 Å². The fourth-order valence-electron chi connectivity index (χ4n) is 3.40. The Hall–Kier alpha value is -1.66. The summed E-state index contributed by atoms with van der Waals surface area (Å²) in [6.45, 7) is 0. The fraction of sp³-hybridized carbons (Fsp3) is 0.467. The number of carbonyl (C=O) groups excluding carboxylic acids is 2. The third-order valence-electron chi connectivity index (χ3n) is 4.35. The van der Waals surface area contributed by atoms with E-state index in [1.165, 1.54) is 25.6 Å². The average Bonchev–Trinajstić information content (AvgIpc) is 3.08. The average molecular weight is 308 g/mol. The van der Waals surface area contributed by atoms with Crippen molar-refractivity contribution in [3.8, 4) is 0 Å². The molecule has 5 nitrogen and oxygen atoms in total. The SMILES string of the molecule is COC(=O)c1cc(/C=C2\CC3(C(=O)OC)CC2(O)C3)cs1. The third kappa shape index (κ3) is 2.10. The molecule has 3 aliphatic rings. The first-order valence-corrected chi connectivity index (χ1v) is 7.49. The van der Waals surface area contributed by atoms with Gasteiger partial charge in [0, 0.05) is 0 Å². The summed E-state index contributed by atoms with van der Waals surface area (Å²) < 4.78 is 9.50. The molecule has 3 fully saturated rings. The van der Waals surface area contributed by atoms with Crippen LogP contribution in [-0.4, -0.2) is 36.9 Å². The summed E-state index contributed by atoms with van der Waals surface area (Å²) in [7, 11) is 2.71. The van der Waals surface area contributed by atoms with Gasteiger partial charge in [0.25, 0.3) is 0 Å². The van der Waals surface area contributed by atoms with E-state index < -0.39 is 11.0 Å². The minimum atomic E-state index is -0.901. The molecule has 0 spiro atoms. The minimum absolute atomic E-state index is 0.254. The maximum absolute atomic E-state index is 11.8. The highest BCUT2D eigenvalue weighted by Crippen LogP contribution is 2.64. The molecule has 0 aromatic carbocycles. The van der Waals surface area contributed by atoms with Gasteiger partial charge in [-0.3, -0.25) is 4.79 Å². The summed E-state index contributed by atoms with van der Waals surface area (Å²) in [4.78, 5) is 23.8. The highest BCUT2D eigenvalue weighted by atomic mass is 32.1. The predicted octanol–water partition coefficient (Wildman–Crippen LogP) is 2.01. The van der Waals surface area contributed by atoms with Crippen LogP contribution in [-0.2, 0) is 14.3 Å². The van der Waals surface area contributed by atoms with E-state index in [-0.39, 0.29) is 11.9 Å². The van der Waals surface area contributed by atoms with Gasteiger partial charge in [-0.1, -0.05) is 6.08 Å². The van der Waals surface area contributed by atoms with Crippen molar-refractivity contribution in [2.45, 2.75) is 24.9 Å². The second kappa shape index (κ2) is 4.68. The van der Waals surface area contributed by atoms with E-state index in [4.69, 9.17) is 4.74 Å². The molecule has 0 amide bonds. The van der Waals surface area contributed by atoms with Crippen LogP contribution in [0.4, 0.5) is 0 Å². The molecule has 1 aromatic rings. The molecule has 0 aliphatic heterocycles. The molecule has 21 heavy (non-hydrogen) atoms. The van der Waals surface area contributed by atoms with Crippen molar-refractivity contribution in [2.75, 3.05) is 14.2 Å². The van der Waals surface area contributed by atoms with Gasteiger partial charge >= 0.3 is 11.9 Å². The van der Waals surface area contributed by atoms with Crippen molar-refractivity contribution < 1.29 is 24.2 Å². The van der Waals surface area contributed by atoms with Crippen LogP contribution >= 0.6 is 11.3 Å². The maximum atomic E-state index is 11.8. The van der Waals surface area contributed by atoms with Crippen LogP contribution in [0.3, 0.4) is 0 Å². The Balaban J connectivity index is 1.84. The van der Waals surface area contributed by atoms with Crippen molar-refractivity contribution in [3.05, 3.63) is 27.5 Å². The zero-order valence-electron chi connectivity index (χ0n) is 11.8. The summed E-state index contributed by atoms with van der Waals surface area (Å²) in [5.74, 6) is -0.624. The second-order valence-corrected chi connectivity index (χ2v) is 6.65. The first-order valence-electron chi connectivity index (χ1n) is 6.61. The number of aliphatic hydroxyl groups is 1. The third-order valence-corrected chi connectivity index (χ3v) is 5.28. The number of hydrogen-bond donors (Lipinski definition) is 1. The van der Waals surface area contributed by atoms with Crippen LogP contribution in [0, 0.1) is 5.41 Å². The van der Waals surface area contributed by atoms with Crippen molar-refractivity contribution in [3.63, 3.8) is 0 Å². The smallest absolute Gasteiger partial charge is 0.348 e. The summed E-state index contributed by atoms with van der Waals surface area (Å²) in [5.41, 5.74) is 0.219. The van der Waals surface area contributed by atoms with E-state index in [1.54, 1.807) is 6.07 Å². The molecule has 0 unspecified atom stereocenters. The molecule has 2 bridgehead atoms. The first kappa shape index (κ1) is 14.3. The van der Waals surface area contributed by atoms with E-state index in [0.717, 1.165) is 11.1 Å². The topological polar surface area (TPSA) is 72.8 Å². The Bertz CT molecular complexity index is 636. The van der Waals surface area contributed by atoms with Gasteiger partial charge in [-0.15, -0.1) is 11.3 Å². The van der Waals surface area contributed by atoms with Gasteiger partial charge in [-0.25, -0.2) is 4.79 Å². The van der Waals surface area contributed by atoms with Crippen LogP contribution in [0.1, 0.15) is 34.5 Å². The molecular weight excluding hydrogens is 292 g/mol.